The van der Waals surface area contributed by atoms with E-state index in [1.54, 1.807) is 0 Å². The van der Waals surface area contributed by atoms with Gasteiger partial charge in [0.25, 0.3) is 0 Å². The Balaban J connectivity index is 2.94. The van der Waals surface area contributed by atoms with Crippen LogP contribution in [0.3, 0.4) is 0 Å². The van der Waals surface area contributed by atoms with E-state index in [0.717, 1.165) is 11.8 Å². The summed E-state index contributed by atoms with van der Waals surface area (Å²) in [6.07, 6.45) is 0. The van der Waals surface area contributed by atoms with Crippen LogP contribution in [-0.4, -0.2) is 15.8 Å². The highest BCUT2D eigenvalue weighted by atomic mass is 32.2. The number of benzene rings is 1. The lowest BCUT2D eigenvalue weighted by molar-refractivity contribution is -0.387. The molecule has 0 aromatic heterocycles. The fourth-order valence-corrected chi connectivity index (χ4v) is 1.39. The predicted octanol–water partition coefficient (Wildman–Crippen LogP) is 2.50. The number of carbonyl (C=O) groups excluding carboxylic acids is 1. The molecule has 0 saturated heterocycles. The summed E-state index contributed by atoms with van der Waals surface area (Å²) in [6.45, 7) is 1.36. The van der Waals surface area contributed by atoms with E-state index in [1.165, 1.54) is 6.92 Å². The largest absolute Gasteiger partial charge is 0.307 e. The molecule has 0 unspecified atom stereocenters. The Bertz CT molecular complexity index is 563. The van der Waals surface area contributed by atoms with E-state index in [0.29, 0.717) is 12.1 Å². The summed E-state index contributed by atoms with van der Waals surface area (Å²) in [5.74, 6) is 2.81. The Hall–Kier alpha value is -1.94. The Labute approximate surface area is 106 Å². The number of nitrogens with zero attached hydrogens (tertiary/aromatic N) is 1. The summed E-state index contributed by atoms with van der Waals surface area (Å²) in [7, 11) is 0. The van der Waals surface area contributed by atoms with Crippen molar-refractivity contribution in [3.63, 3.8) is 0 Å². The second-order valence-corrected chi connectivity index (χ2v) is 4.27. The summed E-state index contributed by atoms with van der Waals surface area (Å²) >= 11 is 0.932. The van der Waals surface area contributed by atoms with E-state index >= 15 is 0 Å². The standard InChI is InChI=1S/C11H7F2NO3S/c1-7(15)18-4-2-3-8-5-10(13)11(14(16)17)6-9(8)12/h5-6H,4H2,1H3. The van der Waals surface area contributed by atoms with Gasteiger partial charge in [-0.15, -0.1) is 0 Å². The summed E-state index contributed by atoms with van der Waals surface area (Å²) in [5.41, 5.74) is -1.21. The van der Waals surface area contributed by atoms with E-state index in [4.69, 9.17) is 0 Å². The zero-order valence-electron chi connectivity index (χ0n) is 9.20. The molecule has 0 heterocycles. The second-order valence-electron chi connectivity index (χ2n) is 3.12. The minimum absolute atomic E-state index is 0.139. The molecule has 0 atom stereocenters. The monoisotopic (exact) mass is 271 g/mol. The third-order valence-electron chi connectivity index (χ3n) is 1.80. The van der Waals surface area contributed by atoms with Crippen LogP contribution in [0.2, 0.25) is 0 Å². The van der Waals surface area contributed by atoms with Gasteiger partial charge >= 0.3 is 5.69 Å². The molecule has 7 heteroatoms. The van der Waals surface area contributed by atoms with Gasteiger partial charge in [-0.1, -0.05) is 23.6 Å². The van der Waals surface area contributed by atoms with Crippen molar-refractivity contribution in [3.05, 3.63) is 39.4 Å². The maximum atomic E-state index is 13.3. The molecule has 0 amide bonds. The van der Waals surface area contributed by atoms with Gasteiger partial charge in [0.1, 0.15) is 5.82 Å². The number of rotatable bonds is 2. The first-order chi connectivity index (χ1) is 8.41. The molecule has 94 valence electrons. The highest BCUT2D eigenvalue weighted by Gasteiger charge is 2.17. The van der Waals surface area contributed by atoms with Crippen LogP contribution in [-0.2, 0) is 4.79 Å². The average molecular weight is 271 g/mol. The van der Waals surface area contributed by atoms with Crippen molar-refractivity contribution in [1.29, 1.82) is 0 Å². The maximum absolute atomic E-state index is 13.3. The third-order valence-corrected chi connectivity index (χ3v) is 2.50. The van der Waals surface area contributed by atoms with Gasteiger partial charge in [0.15, 0.2) is 5.12 Å². The molecule has 18 heavy (non-hydrogen) atoms. The lowest BCUT2D eigenvalue weighted by atomic mass is 10.2. The van der Waals surface area contributed by atoms with Crippen molar-refractivity contribution in [2.75, 3.05) is 5.75 Å². The van der Waals surface area contributed by atoms with Crippen LogP contribution in [0.4, 0.5) is 14.5 Å². The molecule has 0 saturated carbocycles. The number of nitro groups is 1. The first-order valence-electron chi connectivity index (χ1n) is 4.67. The quantitative estimate of drug-likeness (QED) is 0.471. The molecule has 0 aliphatic carbocycles. The molecule has 1 rings (SSSR count). The molecule has 4 nitrogen and oxygen atoms in total. The molecule has 1 aromatic carbocycles. The van der Waals surface area contributed by atoms with Gasteiger partial charge in [-0.05, 0) is 6.07 Å². The summed E-state index contributed by atoms with van der Waals surface area (Å²) in [4.78, 5) is 19.9. The molecule has 0 spiro atoms. The first kappa shape index (κ1) is 14.1. The fraction of sp³-hybridized carbons (Fsp3) is 0.182. The van der Waals surface area contributed by atoms with Gasteiger partial charge in [-0.2, -0.15) is 4.39 Å². The number of thioether (sulfide) groups is 1. The molecule has 0 N–H and O–H groups in total. The maximum Gasteiger partial charge on any atom is 0.307 e. The van der Waals surface area contributed by atoms with Crippen molar-refractivity contribution in [2.24, 2.45) is 0 Å². The minimum atomic E-state index is -1.15. The van der Waals surface area contributed by atoms with E-state index in [1.807, 2.05) is 0 Å². The van der Waals surface area contributed by atoms with Crippen molar-refractivity contribution in [3.8, 4) is 11.8 Å². The van der Waals surface area contributed by atoms with Crippen molar-refractivity contribution in [2.45, 2.75) is 6.92 Å². The summed E-state index contributed by atoms with van der Waals surface area (Å²) in [6, 6.07) is 1.15. The highest BCUT2D eigenvalue weighted by molar-refractivity contribution is 8.13. The van der Waals surface area contributed by atoms with E-state index in [-0.39, 0.29) is 16.4 Å². The van der Waals surface area contributed by atoms with Gasteiger partial charge in [-0.25, -0.2) is 4.39 Å². The van der Waals surface area contributed by atoms with E-state index in [9.17, 15) is 23.7 Å². The number of hydrogen-bond donors (Lipinski definition) is 0. The Morgan fingerprint density at radius 3 is 2.67 bits per heavy atom. The van der Waals surface area contributed by atoms with Crippen molar-refractivity contribution in [1.82, 2.24) is 0 Å². The van der Waals surface area contributed by atoms with E-state index in [2.05, 4.69) is 11.8 Å². The molecule has 0 aliphatic rings. The second kappa shape index (κ2) is 6.12. The summed E-state index contributed by atoms with van der Waals surface area (Å²) in [5, 5.41) is 10.2. The molecule has 0 radical (unpaired) electrons. The number of hydrogen-bond acceptors (Lipinski definition) is 4. The molecule has 0 fully saturated rings. The van der Waals surface area contributed by atoms with Gasteiger partial charge in [-0.3, -0.25) is 14.9 Å². The van der Waals surface area contributed by atoms with Gasteiger partial charge < -0.3 is 0 Å². The van der Waals surface area contributed by atoms with Crippen LogP contribution in [0.5, 0.6) is 0 Å². The molecular formula is C11H7F2NO3S. The topological polar surface area (TPSA) is 60.2 Å². The molecule has 0 aliphatic heterocycles. The normalized spacial score (nSPS) is 9.50. The minimum Gasteiger partial charge on any atom is -0.288 e. The fourth-order valence-electron chi connectivity index (χ4n) is 1.04. The van der Waals surface area contributed by atoms with Crippen LogP contribution in [0.25, 0.3) is 0 Å². The van der Waals surface area contributed by atoms with Gasteiger partial charge in [0.05, 0.1) is 22.3 Å². The number of nitro benzene ring substituents is 1. The van der Waals surface area contributed by atoms with Crippen LogP contribution in [0.15, 0.2) is 12.1 Å². The average Bonchev–Trinajstić information content (AvgIpc) is 2.27. The Kier molecular flexibility index (Phi) is 4.80. The van der Waals surface area contributed by atoms with Crippen LogP contribution >= 0.6 is 11.8 Å². The molecular weight excluding hydrogens is 264 g/mol. The third kappa shape index (κ3) is 3.82. The first-order valence-corrected chi connectivity index (χ1v) is 5.66. The zero-order valence-corrected chi connectivity index (χ0v) is 10.0. The van der Waals surface area contributed by atoms with Crippen molar-refractivity contribution >= 4 is 22.6 Å². The van der Waals surface area contributed by atoms with Crippen LogP contribution in [0.1, 0.15) is 12.5 Å². The van der Waals surface area contributed by atoms with Gasteiger partial charge in [0, 0.05) is 6.92 Å². The number of carbonyl (C=O) groups is 1. The van der Waals surface area contributed by atoms with Crippen molar-refractivity contribution < 1.29 is 18.5 Å². The Morgan fingerprint density at radius 2 is 2.11 bits per heavy atom. The Morgan fingerprint density at radius 1 is 1.44 bits per heavy atom. The molecule has 0 bridgehead atoms. The lowest BCUT2D eigenvalue weighted by Crippen LogP contribution is -1.96. The smallest absolute Gasteiger partial charge is 0.288 e. The summed E-state index contributed by atoms with van der Waals surface area (Å²) < 4.78 is 26.5. The molecule has 1 aromatic rings. The van der Waals surface area contributed by atoms with Crippen LogP contribution in [0, 0.1) is 33.6 Å². The zero-order chi connectivity index (χ0) is 13.7. The SMILES string of the molecule is CC(=O)SCC#Cc1cc(F)c([N+](=O)[O-])cc1F. The highest BCUT2D eigenvalue weighted by Crippen LogP contribution is 2.20. The van der Waals surface area contributed by atoms with Crippen LogP contribution < -0.4 is 0 Å². The predicted molar refractivity (Wildman–Crippen MR) is 63.0 cm³/mol. The lowest BCUT2D eigenvalue weighted by Gasteiger charge is -1.97. The van der Waals surface area contributed by atoms with E-state index < -0.39 is 22.2 Å². The number of halogens is 2. The van der Waals surface area contributed by atoms with Gasteiger partial charge in [0.2, 0.25) is 5.82 Å².